The predicted octanol–water partition coefficient (Wildman–Crippen LogP) is 0.377. The first kappa shape index (κ1) is 12.5. The van der Waals surface area contributed by atoms with Crippen molar-refractivity contribution in [3.05, 3.63) is 0 Å². The zero-order chi connectivity index (χ0) is 13.3. The first-order valence-corrected chi connectivity index (χ1v) is 5.35. The van der Waals surface area contributed by atoms with Crippen molar-refractivity contribution in [2.75, 3.05) is 6.61 Å². The second kappa shape index (κ2) is 4.71. The Balaban J connectivity index is 2.23. The highest BCUT2D eigenvalue weighted by atomic mass is 16.8. The number of cyclic esters (lactones) is 2. The van der Waals surface area contributed by atoms with Gasteiger partial charge < -0.3 is 23.7 Å². The number of ether oxygens (including phenoxy) is 5. The van der Waals surface area contributed by atoms with Crippen LogP contribution in [0, 0.1) is 0 Å². The number of hydrogen-bond donors (Lipinski definition) is 0. The molecule has 18 heavy (non-hydrogen) atoms. The molecular formula is C10H12O8. The number of carbonyl (C=O) groups excluding carboxylic acids is 3. The fourth-order valence-corrected chi connectivity index (χ4v) is 1.84. The zero-order valence-corrected chi connectivity index (χ0v) is 9.78. The van der Waals surface area contributed by atoms with Crippen LogP contribution in [0.4, 0.5) is 9.59 Å². The van der Waals surface area contributed by atoms with Gasteiger partial charge in [0.25, 0.3) is 0 Å². The van der Waals surface area contributed by atoms with Crippen molar-refractivity contribution in [2.24, 2.45) is 0 Å². The van der Waals surface area contributed by atoms with Crippen LogP contribution in [0.1, 0.15) is 13.8 Å². The van der Waals surface area contributed by atoms with E-state index in [0.29, 0.717) is 0 Å². The van der Waals surface area contributed by atoms with E-state index in [2.05, 4.69) is 4.74 Å². The van der Waals surface area contributed by atoms with E-state index in [0.717, 1.165) is 0 Å². The number of rotatable bonds is 1. The van der Waals surface area contributed by atoms with Crippen molar-refractivity contribution >= 4 is 18.3 Å². The third-order valence-electron chi connectivity index (χ3n) is 2.58. The molecular weight excluding hydrogens is 248 g/mol. The zero-order valence-electron chi connectivity index (χ0n) is 9.78. The number of esters is 1. The molecule has 0 N–H and O–H groups in total. The number of fused-ring (bicyclic) bond motifs is 1. The average molecular weight is 260 g/mol. The molecule has 0 radical (unpaired) electrons. The van der Waals surface area contributed by atoms with Crippen LogP contribution < -0.4 is 0 Å². The van der Waals surface area contributed by atoms with Gasteiger partial charge in [-0.15, -0.1) is 0 Å². The summed E-state index contributed by atoms with van der Waals surface area (Å²) >= 11 is 0. The molecule has 0 aliphatic carbocycles. The Kier molecular flexibility index (Phi) is 3.26. The second-order valence-electron chi connectivity index (χ2n) is 3.95. The molecule has 0 saturated carbocycles. The van der Waals surface area contributed by atoms with Crippen molar-refractivity contribution in [1.82, 2.24) is 0 Å². The van der Waals surface area contributed by atoms with Crippen molar-refractivity contribution < 1.29 is 38.1 Å². The van der Waals surface area contributed by atoms with Gasteiger partial charge in [-0.05, 0) is 6.92 Å². The van der Waals surface area contributed by atoms with E-state index in [-0.39, 0.29) is 6.61 Å². The lowest BCUT2D eigenvalue weighted by Gasteiger charge is -2.32. The van der Waals surface area contributed by atoms with E-state index in [1.807, 2.05) is 0 Å². The van der Waals surface area contributed by atoms with E-state index in [1.54, 1.807) is 0 Å². The molecule has 2 aliphatic heterocycles. The molecule has 0 aromatic rings. The van der Waals surface area contributed by atoms with Gasteiger partial charge in [-0.2, -0.15) is 0 Å². The molecule has 2 saturated heterocycles. The van der Waals surface area contributed by atoms with E-state index in [9.17, 15) is 14.4 Å². The minimum atomic E-state index is -0.934. The van der Waals surface area contributed by atoms with Gasteiger partial charge in [-0.1, -0.05) is 0 Å². The van der Waals surface area contributed by atoms with Crippen LogP contribution in [0.25, 0.3) is 0 Å². The maximum atomic E-state index is 11.3. The highest BCUT2D eigenvalue weighted by Crippen LogP contribution is 2.25. The highest BCUT2D eigenvalue weighted by molar-refractivity contribution is 5.67. The van der Waals surface area contributed by atoms with Gasteiger partial charge in [0.15, 0.2) is 18.3 Å². The highest BCUT2D eigenvalue weighted by Gasteiger charge is 2.48. The number of hydrogen-bond acceptors (Lipinski definition) is 8. The summed E-state index contributed by atoms with van der Waals surface area (Å²) in [6, 6.07) is 0. The minimum Gasteiger partial charge on any atom is -0.454 e. The topological polar surface area (TPSA) is 97.4 Å². The lowest BCUT2D eigenvalue weighted by Crippen LogP contribution is -2.52. The molecule has 8 nitrogen and oxygen atoms in total. The molecule has 2 aliphatic rings. The monoisotopic (exact) mass is 260 g/mol. The van der Waals surface area contributed by atoms with E-state index >= 15 is 0 Å². The van der Waals surface area contributed by atoms with Crippen LogP contribution in [0.3, 0.4) is 0 Å². The van der Waals surface area contributed by atoms with Crippen molar-refractivity contribution in [2.45, 2.75) is 38.3 Å². The van der Waals surface area contributed by atoms with Crippen molar-refractivity contribution in [3.8, 4) is 0 Å². The Morgan fingerprint density at radius 1 is 1.22 bits per heavy atom. The third kappa shape index (κ3) is 2.47. The normalized spacial score (nSPS) is 35.0. The molecule has 0 aromatic heterocycles. The van der Waals surface area contributed by atoms with Gasteiger partial charge in [-0.25, -0.2) is 9.59 Å². The van der Waals surface area contributed by atoms with E-state index < -0.39 is 42.7 Å². The third-order valence-corrected chi connectivity index (χ3v) is 2.58. The summed E-state index contributed by atoms with van der Waals surface area (Å²) in [6.07, 6.45) is -5.33. The lowest BCUT2D eigenvalue weighted by atomic mass is 10.0. The summed E-state index contributed by atoms with van der Waals surface area (Å²) in [6.45, 7) is 2.56. The molecule has 2 heterocycles. The Labute approximate surface area is 102 Å². The molecule has 2 fully saturated rings. The van der Waals surface area contributed by atoms with Gasteiger partial charge in [0.2, 0.25) is 0 Å². The second-order valence-corrected chi connectivity index (χ2v) is 3.95. The largest absolute Gasteiger partial charge is 0.509 e. The van der Waals surface area contributed by atoms with Crippen molar-refractivity contribution in [3.63, 3.8) is 0 Å². The van der Waals surface area contributed by atoms with Gasteiger partial charge in [0.1, 0.15) is 12.7 Å². The standard InChI is InChI=1S/C10H12O8/c1-4-7(16-5(2)11)8-6(17-10(13)15-4)3-14-9(12)18-8/h4,6-8H,3H2,1-2H3. The maximum Gasteiger partial charge on any atom is 0.509 e. The first-order valence-electron chi connectivity index (χ1n) is 5.35. The number of carbonyl (C=O) groups is 3. The summed E-state index contributed by atoms with van der Waals surface area (Å²) in [4.78, 5) is 33.4. The summed E-state index contributed by atoms with van der Waals surface area (Å²) in [5.41, 5.74) is 0. The van der Waals surface area contributed by atoms with Crippen LogP contribution in [0.2, 0.25) is 0 Å². The molecule has 8 heteroatoms. The molecule has 100 valence electrons. The molecule has 4 atom stereocenters. The molecule has 0 amide bonds. The molecule has 0 bridgehead atoms. The fraction of sp³-hybridized carbons (Fsp3) is 0.700. The van der Waals surface area contributed by atoms with Gasteiger partial charge in [-0.3, -0.25) is 4.79 Å². The van der Waals surface area contributed by atoms with Crippen LogP contribution in [-0.4, -0.2) is 49.3 Å². The summed E-state index contributed by atoms with van der Waals surface area (Å²) in [5.74, 6) is -0.578. The SMILES string of the molecule is CC(=O)OC1C(C)OC(=O)OC2COC(=O)OC21. The van der Waals surface area contributed by atoms with Crippen LogP contribution >= 0.6 is 0 Å². The van der Waals surface area contributed by atoms with E-state index in [4.69, 9.17) is 18.9 Å². The van der Waals surface area contributed by atoms with Gasteiger partial charge >= 0.3 is 18.3 Å². The maximum absolute atomic E-state index is 11.3. The van der Waals surface area contributed by atoms with Crippen LogP contribution in [-0.2, 0) is 28.5 Å². The smallest absolute Gasteiger partial charge is 0.454 e. The Hall–Kier alpha value is -1.99. The quantitative estimate of drug-likeness (QED) is 0.493. The Morgan fingerprint density at radius 2 is 1.94 bits per heavy atom. The molecule has 0 spiro atoms. The Morgan fingerprint density at radius 3 is 2.61 bits per heavy atom. The van der Waals surface area contributed by atoms with Gasteiger partial charge in [0, 0.05) is 6.92 Å². The molecule has 2 rings (SSSR count). The van der Waals surface area contributed by atoms with Crippen molar-refractivity contribution in [1.29, 1.82) is 0 Å². The average Bonchev–Trinajstić information content (AvgIpc) is 2.37. The lowest BCUT2D eigenvalue weighted by molar-refractivity contribution is -0.172. The fourth-order valence-electron chi connectivity index (χ4n) is 1.84. The minimum absolute atomic E-state index is 0.164. The molecule has 0 aromatic carbocycles. The summed E-state index contributed by atoms with van der Waals surface area (Å²) < 4.78 is 24.3. The Bertz CT molecular complexity index is 376. The summed E-state index contributed by atoms with van der Waals surface area (Å²) in [5, 5.41) is 0. The van der Waals surface area contributed by atoms with Gasteiger partial charge in [0.05, 0.1) is 0 Å². The molecule has 4 unspecified atom stereocenters. The van der Waals surface area contributed by atoms with Crippen LogP contribution in [0.5, 0.6) is 0 Å². The predicted molar refractivity (Wildman–Crippen MR) is 52.6 cm³/mol. The van der Waals surface area contributed by atoms with E-state index in [1.165, 1.54) is 13.8 Å². The van der Waals surface area contributed by atoms with Crippen LogP contribution in [0.15, 0.2) is 0 Å². The first-order chi connectivity index (χ1) is 8.47. The summed E-state index contributed by atoms with van der Waals surface area (Å²) in [7, 11) is 0.